The van der Waals surface area contributed by atoms with E-state index in [1.54, 1.807) is 10.8 Å². The summed E-state index contributed by atoms with van der Waals surface area (Å²) >= 11 is 0. The van der Waals surface area contributed by atoms with E-state index in [-0.39, 0.29) is 5.69 Å². The van der Waals surface area contributed by atoms with Gasteiger partial charge in [-0.2, -0.15) is 0 Å². The van der Waals surface area contributed by atoms with E-state index in [4.69, 9.17) is 4.74 Å². The van der Waals surface area contributed by atoms with Gasteiger partial charge in [0.25, 0.3) is 0 Å². The van der Waals surface area contributed by atoms with E-state index in [1.165, 1.54) is 12.8 Å². The van der Waals surface area contributed by atoms with Crippen molar-refractivity contribution in [2.45, 2.75) is 26.3 Å². The van der Waals surface area contributed by atoms with Crippen molar-refractivity contribution in [2.24, 2.45) is 13.0 Å². The highest BCUT2D eigenvalue weighted by molar-refractivity contribution is 5.83. The summed E-state index contributed by atoms with van der Waals surface area (Å²) in [6.07, 6.45) is 4.20. The molecule has 29 heavy (non-hydrogen) atoms. The van der Waals surface area contributed by atoms with Crippen LogP contribution in [0.4, 0.5) is 0 Å². The van der Waals surface area contributed by atoms with Crippen LogP contribution in [0, 0.1) is 12.8 Å². The van der Waals surface area contributed by atoms with Gasteiger partial charge in [0.2, 0.25) is 5.88 Å². The van der Waals surface area contributed by atoms with Crippen molar-refractivity contribution in [3.8, 4) is 22.8 Å². The first-order valence-corrected chi connectivity index (χ1v) is 9.99. The number of aryl methyl sites for hydroxylation is 2. The van der Waals surface area contributed by atoms with Crippen molar-refractivity contribution in [3.63, 3.8) is 0 Å². The molecule has 2 heterocycles. The summed E-state index contributed by atoms with van der Waals surface area (Å²) in [6.45, 7) is 2.84. The minimum Gasteiger partial charge on any atom is -0.439 e. The summed E-state index contributed by atoms with van der Waals surface area (Å²) in [4.78, 5) is 17.0. The van der Waals surface area contributed by atoms with Gasteiger partial charge in [0.1, 0.15) is 5.75 Å². The lowest BCUT2D eigenvalue weighted by Crippen LogP contribution is -2.22. The van der Waals surface area contributed by atoms with Crippen molar-refractivity contribution >= 4 is 11.0 Å². The first-order valence-electron chi connectivity index (χ1n) is 9.99. The van der Waals surface area contributed by atoms with E-state index in [0.29, 0.717) is 11.8 Å². The summed E-state index contributed by atoms with van der Waals surface area (Å²) in [7, 11) is 1.85. The van der Waals surface area contributed by atoms with Crippen molar-refractivity contribution in [3.05, 3.63) is 76.8 Å². The zero-order chi connectivity index (χ0) is 20.0. The molecule has 1 fully saturated rings. The maximum absolute atomic E-state index is 12.7. The first kappa shape index (κ1) is 17.7. The number of nitrogens with zero attached hydrogens (tertiary/aromatic N) is 3. The molecule has 0 amide bonds. The summed E-state index contributed by atoms with van der Waals surface area (Å²) in [5, 5.41) is 0. The molecule has 5 heteroatoms. The van der Waals surface area contributed by atoms with Gasteiger partial charge in [0.15, 0.2) is 0 Å². The van der Waals surface area contributed by atoms with Crippen LogP contribution >= 0.6 is 0 Å². The lowest BCUT2D eigenvalue weighted by Gasteiger charge is -2.08. The summed E-state index contributed by atoms with van der Waals surface area (Å²) < 4.78 is 9.60. The molecule has 0 unspecified atom stereocenters. The highest BCUT2D eigenvalue weighted by Crippen LogP contribution is 2.32. The molecular formula is C24H23N3O2. The van der Waals surface area contributed by atoms with E-state index in [2.05, 4.69) is 29.2 Å². The lowest BCUT2D eigenvalue weighted by molar-refractivity contribution is 0.462. The molecule has 0 radical (unpaired) electrons. The second-order valence-electron chi connectivity index (χ2n) is 7.90. The molecule has 2 aromatic heterocycles. The molecule has 0 N–H and O–H groups in total. The van der Waals surface area contributed by atoms with Crippen LogP contribution in [0.1, 0.15) is 18.4 Å². The Morgan fingerprint density at radius 1 is 1.03 bits per heavy atom. The number of hydrogen-bond donors (Lipinski definition) is 0. The second-order valence-corrected chi connectivity index (χ2v) is 7.90. The molecule has 0 spiro atoms. The van der Waals surface area contributed by atoms with Crippen molar-refractivity contribution < 1.29 is 4.74 Å². The van der Waals surface area contributed by atoms with E-state index >= 15 is 0 Å². The minimum atomic E-state index is 0.0617. The zero-order valence-electron chi connectivity index (χ0n) is 16.6. The largest absolute Gasteiger partial charge is 0.439 e. The average Bonchev–Trinajstić information content (AvgIpc) is 3.51. The number of pyridine rings is 1. The van der Waals surface area contributed by atoms with Gasteiger partial charge in [-0.25, -0.2) is 9.78 Å². The predicted molar refractivity (Wildman–Crippen MR) is 114 cm³/mol. The standard InChI is InChI=1S/C24H23N3O2/c1-16-10-11-25-23(12-16)29-20-5-3-4-18(13-20)19-8-9-21-22(14-19)26(2)24(28)27(21)15-17-6-7-17/h3-5,8-14,17H,6-7,15H2,1-2H3. The number of imidazole rings is 1. The van der Waals surface area contributed by atoms with Gasteiger partial charge in [0.05, 0.1) is 11.0 Å². The summed E-state index contributed by atoms with van der Waals surface area (Å²) in [6, 6.07) is 18.0. The Labute approximate surface area is 169 Å². The number of ether oxygens (including phenoxy) is 1. The van der Waals surface area contributed by atoms with E-state index in [0.717, 1.165) is 40.0 Å². The quantitative estimate of drug-likeness (QED) is 0.490. The third-order valence-corrected chi connectivity index (χ3v) is 5.56. The molecule has 146 valence electrons. The first-order chi connectivity index (χ1) is 14.1. The molecule has 2 aromatic carbocycles. The van der Waals surface area contributed by atoms with Gasteiger partial charge >= 0.3 is 5.69 Å². The Morgan fingerprint density at radius 3 is 2.66 bits per heavy atom. The van der Waals surface area contributed by atoms with Gasteiger partial charge in [-0.15, -0.1) is 0 Å². The molecule has 1 saturated carbocycles. The van der Waals surface area contributed by atoms with Gasteiger partial charge in [0, 0.05) is 25.9 Å². The number of rotatable bonds is 5. The maximum Gasteiger partial charge on any atom is 0.328 e. The van der Waals surface area contributed by atoms with Gasteiger partial charge < -0.3 is 4.74 Å². The van der Waals surface area contributed by atoms with Gasteiger partial charge in [-0.3, -0.25) is 9.13 Å². The van der Waals surface area contributed by atoms with Crippen LogP contribution in [0.25, 0.3) is 22.2 Å². The molecule has 0 bridgehead atoms. The third-order valence-electron chi connectivity index (χ3n) is 5.56. The monoisotopic (exact) mass is 385 g/mol. The second kappa shape index (κ2) is 6.92. The Hall–Kier alpha value is -3.34. The Morgan fingerprint density at radius 2 is 1.86 bits per heavy atom. The fourth-order valence-electron chi connectivity index (χ4n) is 3.75. The van der Waals surface area contributed by atoms with Crippen LogP contribution in [0.2, 0.25) is 0 Å². The molecular weight excluding hydrogens is 362 g/mol. The van der Waals surface area contributed by atoms with Crippen LogP contribution in [-0.4, -0.2) is 14.1 Å². The Balaban J connectivity index is 1.50. The molecule has 5 nitrogen and oxygen atoms in total. The fourth-order valence-corrected chi connectivity index (χ4v) is 3.75. The van der Waals surface area contributed by atoms with E-state index in [1.807, 2.05) is 48.9 Å². The van der Waals surface area contributed by atoms with Crippen molar-refractivity contribution in [1.82, 2.24) is 14.1 Å². The molecule has 5 rings (SSSR count). The molecule has 0 aliphatic heterocycles. The third kappa shape index (κ3) is 3.44. The van der Waals surface area contributed by atoms with Crippen LogP contribution in [0.5, 0.6) is 11.6 Å². The topological polar surface area (TPSA) is 49.1 Å². The van der Waals surface area contributed by atoms with Gasteiger partial charge in [-0.05, 0) is 72.7 Å². The number of aromatic nitrogens is 3. The Kier molecular flexibility index (Phi) is 4.23. The number of fused-ring (bicyclic) bond motifs is 1. The molecule has 0 saturated heterocycles. The normalized spacial score (nSPS) is 13.7. The molecule has 1 aliphatic rings. The van der Waals surface area contributed by atoms with Crippen molar-refractivity contribution in [1.29, 1.82) is 0 Å². The molecule has 0 atom stereocenters. The highest BCUT2D eigenvalue weighted by atomic mass is 16.5. The predicted octanol–water partition coefficient (Wildman–Crippen LogP) is 4.91. The fraction of sp³-hybridized carbons (Fsp3) is 0.250. The zero-order valence-corrected chi connectivity index (χ0v) is 16.6. The van der Waals surface area contributed by atoms with Crippen LogP contribution < -0.4 is 10.4 Å². The number of benzene rings is 2. The van der Waals surface area contributed by atoms with Crippen molar-refractivity contribution in [2.75, 3.05) is 0 Å². The molecule has 4 aromatic rings. The van der Waals surface area contributed by atoms with Crippen LogP contribution in [-0.2, 0) is 13.6 Å². The van der Waals surface area contributed by atoms with Gasteiger partial charge in [-0.1, -0.05) is 18.2 Å². The average molecular weight is 385 g/mol. The highest BCUT2D eigenvalue weighted by Gasteiger charge is 2.24. The SMILES string of the molecule is Cc1ccnc(Oc2cccc(-c3ccc4c(c3)n(C)c(=O)n4CC3CC3)c2)c1. The summed E-state index contributed by atoms with van der Waals surface area (Å²) in [5.41, 5.74) is 5.22. The lowest BCUT2D eigenvalue weighted by atomic mass is 10.0. The van der Waals surface area contributed by atoms with Crippen LogP contribution in [0.3, 0.4) is 0 Å². The van der Waals surface area contributed by atoms with E-state index < -0.39 is 0 Å². The summed E-state index contributed by atoms with van der Waals surface area (Å²) in [5.74, 6) is 1.97. The Bertz CT molecular complexity index is 1260. The minimum absolute atomic E-state index is 0.0617. The van der Waals surface area contributed by atoms with Crippen LogP contribution in [0.15, 0.2) is 65.6 Å². The smallest absolute Gasteiger partial charge is 0.328 e. The molecule has 1 aliphatic carbocycles. The maximum atomic E-state index is 12.7. The number of hydrogen-bond acceptors (Lipinski definition) is 3. The van der Waals surface area contributed by atoms with E-state index in [9.17, 15) is 4.79 Å².